The molecule has 0 fully saturated rings. The van der Waals surface area contributed by atoms with Gasteiger partial charge in [0.2, 0.25) is 11.8 Å². The third-order valence-electron chi connectivity index (χ3n) is 5.90. The summed E-state index contributed by atoms with van der Waals surface area (Å²) in [6.07, 6.45) is 0. The van der Waals surface area contributed by atoms with Gasteiger partial charge in [0.25, 0.3) is 0 Å². The Morgan fingerprint density at radius 1 is 1.08 bits per heavy atom. The van der Waals surface area contributed by atoms with Crippen LogP contribution in [0.2, 0.25) is 0 Å². The lowest BCUT2D eigenvalue weighted by molar-refractivity contribution is 0.0686. The molecule has 2 aromatic heterocycles. The van der Waals surface area contributed by atoms with Crippen LogP contribution in [0, 0.1) is 18.3 Å². The molecule has 1 aliphatic heterocycles. The molecule has 0 spiro atoms. The van der Waals surface area contributed by atoms with E-state index in [1.807, 2.05) is 0 Å². The fourth-order valence-electron chi connectivity index (χ4n) is 4.28. The Bertz CT molecular complexity index is 1620. The number of aromatic nitrogens is 2. The number of nitrogens with zero attached hydrogens (tertiary/aromatic N) is 3. The predicted octanol–water partition coefficient (Wildman–Crippen LogP) is 4.06. The van der Waals surface area contributed by atoms with Gasteiger partial charge in [-0.3, -0.25) is 0 Å². The summed E-state index contributed by atoms with van der Waals surface area (Å²) in [6.45, 7) is 1.73. The normalized spacial score (nSPS) is 14.6. The number of carboxylic acid groups (broad SMARTS) is 2. The number of allylic oxidation sites excluding steroid dienone is 1. The Hall–Kier alpha value is -5.30. The van der Waals surface area contributed by atoms with Gasteiger partial charge in [0.05, 0.1) is 34.0 Å². The van der Waals surface area contributed by atoms with E-state index in [1.54, 1.807) is 49.4 Å². The number of aryl methyl sites for hydroxylation is 1. The molecule has 5 rings (SSSR count). The summed E-state index contributed by atoms with van der Waals surface area (Å²) in [4.78, 5) is 23.1. The first-order valence-corrected chi connectivity index (χ1v) is 10.7. The number of ether oxygens (including phenoxy) is 1. The van der Waals surface area contributed by atoms with Gasteiger partial charge in [0.15, 0.2) is 0 Å². The molecule has 0 saturated carbocycles. The number of rotatable bonds is 5. The van der Waals surface area contributed by atoms with Crippen LogP contribution in [0.25, 0.3) is 17.0 Å². The maximum absolute atomic E-state index is 11.7. The molecule has 0 radical (unpaired) electrons. The average Bonchev–Trinajstić information content (AvgIpc) is 3.48. The van der Waals surface area contributed by atoms with Gasteiger partial charge in [-0.2, -0.15) is 10.4 Å². The smallest absolute Gasteiger partial charge is 0.336 e. The summed E-state index contributed by atoms with van der Waals surface area (Å²) in [5.41, 5.74) is 8.23. The molecule has 1 aliphatic rings. The summed E-state index contributed by atoms with van der Waals surface area (Å²) in [5, 5.41) is 33.4. The molecule has 178 valence electrons. The van der Waals surface area contributed by atoms with Crippen molar-refractivity contribution in [1.82, 2.24) is 9.78 Å². The second-order valence-electron chi connectivity index (χ2n) is 8.05. The van der Waals surface area contributed by atoms with Crippen LogP contribution in [0.15, 0.2) is 76.5 Å². The summed E-state index contributed by atoms with van der Waals surface area (Å²) < 4.78 is 13.3. The van der Waals surface area contributed by atoms with Gasteiger partial charge in [0, 0.05) is 5.56 Å². The van der Waals surface area contributed by atoms with Gasteiger partial charge in [-0.05, 0) is 43.3 Å². The zero-order valence-corrected chi connectivity index (χ0v) is 18.8. The summed E-state index contributed by atoms with van der Waals surface area (Å²) in [6, 6.07) is 18.0. The minimum Gasteiger partial charge on any atom is -0.478 e. The average molecular weight is 482 g/mol. The van der Waals surface area contributed by atoms with E-state index in [1.165, 1.54) is 22.9 Å². The molecular weight excluding hydrogens is 464 g/mol. The Morgan fingerprint density at radius 3 is 2.58 bits per heavy atom. The topological polar surface area (TPSA) is 165 Å². The SMILES string of the molecule is Cc1nn(-c2cccc(C(=O)O)c2)c2c1C(c1ccc(-c3ccccc3C(=O)O)o1)C(C#N)=C(N)O2. The molecule has 10 heteroatoms. The summed E-state index contributed by atoms with van der Waals surface area (Å²) >= 11 is 0. The molecule has 0 saturated heterocycles. The molecule has 2 aromatic carbocycles. The van der Waals surface area contributed by atoms with E-state index in [0.717, 1.165) is 0 Å². The van der Waals surface area contributed by atoms with Crippen LogP contribution in [0.3, 0.4) is 0 Å². The second-order valence-corrected chi connectivity index (χ2v) is 8.05. The number of nitriles is 1. The molecule has 3 heterocycles. The number of fused-ring (bicyclic) bond motifs is 1. The minimum atomic E-state index is -1.10. The highest BCUT2D eigenvalue weighted by molar-refractivity contribution is 5.95. The van der Waals surface area contributed by atoms with E-state index >= 15 is 0 Å². The zero-order chi connectivity index (χ0) is 25.6. The van der Waals surface area contributed by atoms with Crippen molar-refractivity contribution in [1.29, 1.82) is 5.26 Å². The van der Waals surface area contributed by atoms with Gasteiger partial charge < -0.3 is 25.1 Å². The van der Waals surface area contributed by atoms with Crippen molar-refractivity contribution in [2.75, 3.05) is 0 Å². The Balaban J connectivity index is 1.66. The third kappa shape index (κ3) is 3.56. The number of carbonyl (C=O) groups is 2. The third-order valence-corrected chi connectivity index (χ3v) is 5.90. The van der Waals surface area contributed by atoms with Crippen LogP contribution < -0.4 is 10.5 Å². The molecule has 36 heavy (non-hydrogen) atoms. The number of benzene rings is 2. The van der Waals surface area contributed by atoms with Crippen molar-refractivity contribution in [2.45, 2.75) is 12.8 Å². The summed E-state index contributed by atoms with van der Waals surface area (Å²) in [7, 11) is 0. The van der Waals surface area contributed by atoms with Crippen LogP contribution in [0.5, 0.6) is 5.88 Å². The largest absolute Gasteiger partial charge is 0.478 e. The Morgan fingerprint density at radius 2 is 1.86 bits per heavy atom. The molecule has 0 aliphatic carbocycles. The minimum absolute atomic E-state index is 0.0655. The lowest BCUT2D eigenvalue weighted by atomic mass is 9.88. The second kappa shape index (κ2) is 8.48. The number of nitrogens with two attached hydrogens (primary N) is 1. The number of furan rings is 1. The predicted molar refractivity (Wildman–Crippen MR) is 126 cm³/mol. The highest BCUT2D eigenvalue weighted by Crippen LogP contribution is 2.45. The van der Waals surface area contributed by atoms with E-state index in [4.69, 9.17) is 14.9 Å². The molecule has 1 unspecified atom stereocenters. The quantitative estimate of drug-likeness (QED) is 0.380. The summed E-state index contributed by atoms with van der Waals surface area (Å²) in [5.74, 6) is -2.23. The van der Waals surface area contributed by atoms with Crippen molar-refractivity contribution in [2.24, 2.45) is 5.73 Å². The molecule has 1 atom stereocenters. The van der Waals surface area contributed by atoms with Crippen LogP contribution in [-0.2, 0) is 0 Å². The lowest BCUT2D eigenvalue weighted by Gasteiger charge is -2.23. The lowest BCUT2D eigenvalue weighted by Crippen LogP contribution is -2.21. The van der Waals surface area contributed by atoms with E-state index < -0.39 is 17.9 Å². The molecule has 0 bridgehead atoms. The van der Waals surface area contributed by atoms with Crippen LogP contribution >= 0.6 is 0 Å². The van der Waals surface area contributed by atoms with Crippen molar-refractivity contribution < 1.29 is 29.0 Å². The molecule has 4 aromatic rings. The Labute approximate surface area is 204 Å². The van der Waals surface area contributed by atoms with Crippen molar-refractivity contribution in [3.8, 4) is 29.0 Å². The van der Waals surface area contributed by atoms with Crippen LogP contribution in [0.1, 0.15) is 43.7 Å². The molecule has 0 amide bonds. The maximum Gasteiger partial charge on any atom is 0.336 e. The first-order chi connectivity index (χ1) is 17.3. The van der Waals surface area contributed by atoms with Gasteiger partial charge in [-0.15, -0.1) is 0 Å². The highest BCUT2D eigenvalue weighted by atomic mass is 16.5. The van der Waals surface area contributed by atoms with E-state index in [-0.39, 0.29) is 28.5 Å². The number of carboxylic acids is 2. The van der Waals surface area contributed by atoms with Crippen LogP contribution in [-0.4, -0.2) is 31.9 Å². The monoisotopic (exact) mass is 482 g/mol. The van der Waals surface area contributed by atoms with Crippen molar-refractivity contribution in [3.05, 3.63) is 100 Å². The standard InChI is InChI=1S/C26H18N4O6/c1-13-21-22(20-10-9-19(35-20)16-7-2-3-8-17(16)26(33)34)18(12-27)23(28)36-24(21)30(29-13)15-6-4-5-14(11-15)25(31)32/h2-11,22H,28H2,1H3,(H,31,32)(H,33,34). The molecular formula is C26H18N4O6. The molecule has 4 N–H and O–H groups in total. The number of aromatic carboxylic acids is 2. The Kier molecular flexibility index (Phi) is 5.30. The number of hydrogen-bond acceptors (Lipinski definition) is 7. The van der Waals surface area contributed by atoms with Crippen molar-refractivity contribution in [3.63, 3.8) is 0 Å². The highest BCUT2D eigenvalue weighted by Gasteiger charge is 2.38. The molecule has 10 nitrogen and oxygen atoms in total. The zero-order valence-electron chi connectivity index (χ0n) is 18.8. The fraction of sp³-hybridized carbons (Fsp3) is 0.0769. The van der Waals surface area contributed by atoms with E-state index in [9.17, 15) is 25.1 Å². The van der Waals surface area contributed by atoms with Gasteiger partial charge >= 0.3 is 11.9 Å². The fourth-order valence-corrected chi connectivity index (χ4v) is 4.28. The number of hydrogen-bond donors (Lipinski definition) is 3. The first-order valence-electron chi connectivity index (χ1n) is 10.7. The maximum atomic E-state index is 11.7. The van der Waals surface area contributed by atoms with Gasteiger partial charge in [-0.25, -0.2) is 14.3 Å². The van der Waals surface area contributed by atoms with E-state index in [2.05, 4.69) is 11.2 Å². The van der Waals surface area contributed by atoms with Crippen LogP contribution in [0.4, 0.5) is 0 Å². The van der Waals surface area contributed by atoms with Gasteiger partial charge in [-0.1, -0.05) is 24.3 Å². The first kappa shape index (κ1) is 22.5. The van der Waals surface area contributed by atoms with E-state index in [0.29, 0.717) is 34.0 Å². The van der Waals surface area contributed by atoms with Crippen molar-refractivity contribution >= 4 is 11.9 Å². The van der Waals surface area contributed by atoms with Gasteiger partial charge in [0.1, 0.15) is 23.2 Å².